The van der Waals surface area contributed by atoms with Crippen LogP contribution in [0.5, 0.6) is 0 Å². The van der Waals surface area contributed by atoms with Crippen LogP contribution < -0.4 is 4.80 Å². The van der Waals surface area contributed by atoms with Crippen LogP contribution in [-0.4, -0.2) is 10.5 Å². The van der Waals surface area contributed by atoms with E-state index in [1.165, 1.54) is 4.57 Å². The Morgan fingerprint density at radius 2 is 1.89 bits per heavy atom. The molecule has 1 aromatic carbocycles. The number of thiazole rings is 1. The zero-order chi connectivity index (χ0) is 14.2. The van der Waals surface area contributed by atoms with E-state index in [4.69, 9.17) is 0 Å². The van der Waals surface area contributed by atoms with Gasteiger partial charge < -0.3 is 4.57 Å². The van der Waals surface area contributed by atoms with Crippen LogP contribution in [0.2, 0.25) is 0 Å². The molecular formula is C11H6F4N2OS. The van der Waals surface area contributed by atoms with Crippen molar-refractivity contribution in [2.75, 3.05) is 0 Å². The van der Waals surface area contributed by atoms with Crippen molar-refractivity contribution in [1.29, 1.82) is 0 Å². The number of hydrogen-bond donors (Lipinski definition) is 0. The zero-order valence-corrected chi connectivity index (χ0v) is 10.3. The van der Waals surface area contributed by atoms with Gasteiger partial charge >= 0.3 is 0 Å². The maximum absolute atomic E-state index is 13.4. The summed E-state index contributed by atoms with van der Waals surface area (Å²) in [6.45, 7) is 0. The summed E-state index contributed by atoms with van der Waals surface area (Å²) in [5.41, 5.74) is -0.954. The van der Waals surface area contributed by atoms with Crippen molar-refractivity contribution < 1.29 is 22.4 Å². The van der Waals surface area contributed by atoms with Crippen LogP contribution >= 0.6 is 11.3 Å². The molecule has 3 nitrogen and oxygen atoms in total. The highest BCUT2D eigenvalue weighted by atomic mass is 32.1. The first-order chi connectivity index (χ1) is 8.91. The summed E-state index contributed by atoms with van der Waals surface area (Å²) in [6, 6.07) is 0.285. The van der Waals surface area contributed by atoms with Crippen LogP contribution in [0.25, 0.3) is 0 Å². The van der Waals surface area contributed by atoms with Crippen LogP contribution in [0.1, 0.15) is 10.4 Å². The van der Waals surface area contributed by atoms with Gasteiger partial charge in [-0.05, 0) is 6.07 Å². The van der Waals surface area contributed by atoms with E-state index in [2.05, 4.69) is 4.99 Å². The Kier molecular flexibility index (Phi) is 3.52. The first-order valence-electron chi connectivity index (χ1n) is 4.94. The third-order valence-electron chi connectivity index (χ3n) is 2.29. The number of aryl methyl sites for hydroxylation is 1. The molecule has 0 radical (unpaired) electrons. The molecule has 2 rings (SSSR count). The average molecular weight is 290 g/mol. The van der Waals surface area contributed by atoms with Gasteiger partial charge in [0.05, 0.1) is 5.56 Å². The van der Waals surface area contributed by atoms with Gasteiger partial charge in [0.15, 0.2) is 28.1 Å². The Labute approximate surface area is 108 Å². The first-order valence-corrected chi connectivity index (χ1v) is 5.82. The fourth-order valence-corrected chi connectivity index (χ4v) is 2.04. The third-order valence-corrected chi connectivity index (χ3v) is 3.14. The molecular weight excluding hydrogens is 284 g/mol. The lowest BCUT2D eigenvalue weighted by Gasteiger charge is -2.01. The van der Waals surface area contributed by atoms with E-state index in [1.807, 2.05) is 0 Å². The second kappa shape index (κ2) is 4.96. The summed E-state index contributed by atoms with van der Waals surface area (Å²) in [5, 5.41) is 1.62. The van der Waals surface area contributed by atoms with Crippen LogP contribution in [-0.2, 0) is 7.05 Å². The molecule has 0 atom stereocenters. The van der Waals surface area contributed by atoms with Gasteiger partial charge in [-0.25, -0.2) is 17.6 Å². The summed E-state index contributed by atoms with van der Waals surface area (Å²) in [7, 11) is 1.59. The molecule has 100 valence electrons. The number of hydrogen-bond acceptors (Lipinski definition) is 2. The topological polar surface area (TPSA) is 34.4 Å². The second-order valence-corrected chi connectivity index (χ2v) is 4.43. The minimum absolute atomic E-state index is 0.217. The van der Waals surface area contributed by atoms with E-state index in [0.29, 0.717) is 0 Å². The quantitative estimate of drug-likeness (QED) is 0.451. The van der Waals surface area contributed by atoms with Crippen molar-refractivity contribution >= 4 is 17.2 Å². The Morgan fingerprint density at radius 3 is 2.47 bits per heavy atom. The standard InChI is InChI=1S/C11H6F4N2OS/c1-17-2-3-19-11(17)16-10(18)5-4-6(12)8(14)9(15)7(5)13/h2-4H,1H3. The molecule has 0 bridgehead atoms. The molecule has 1 aromatic heterocycles. The fraction of sp³-hybridized carbons (Fsp3) is 0.0909. The van der Waals surface area contributed by atoms with Crippen LogP contribution in [0.15, 0.2) is 22.6 Å². The number of nitrogens with zero attached hydrogens (tertiary/aromatic N) is 2. The summed E-state index contributed by atoms with van der Waals surface area (Å²) in [6.07, 6.45) is 1.60. The van der Waals surface area contributed by atoms with Gasteiger partial charge in [-0.3, -0.25) is 4.79 Å². The SMILES string of the molecule is Cn1ccsc1=NC(=O)c1cc(F)c(F)c(F)c1F. The number of amides is 1. The van der Waals surface area contributed by atoms with Gasteiger partial charge in [0.2, 0.25) is 0 Å². The molecule has 0 aliphatic carbocycles. The van der Waals surface area contributed by atoms with Crippen molar-refractivity contribution in [2.24, 2.45) is 12.0 Å². The van der Waals surface area contributed by atoms with E-state index in [1.54, 1.807) is 18.6 Å². The van der Waals surface area contributed by atoms with Crippen molar-refractivity contribution in [3.8, 4) is 0 Å². The zero-order valence-electron chi connectivity index (χ0n) is 9.45. The maximum Gasteiger partial charge on any atom is 0.282 e. The number of benzene rings is 1. The lowest BCUT2D eigenvalue weighted by atomic mass is 10.2. The third kappa shape index (κ3) is 2.43. The van der Waals surface area contributed by atoms with E-state index in [-0.39, 0.29) is 10.9 Å². The highest BCUT2D eigenvalue weighted by Gasteiger charge is 2.22. The molecule has 0 unspecified atom stereocenters. The van der Waals surface area contributed by atoms with E-state index < -0.39 is 34.7 Å². The molecule has 0 N–H and O–H groups in total. The summed E-state index contributed by atoms with van der Waals surface area (Å²) in [4.78, 5) is 15.4. The Morgan fingerprint density at radius 1 is 1.21 bits per heavy atom. The molecule has 0 aliphatic rings. The number of rotatable bonds is 1. The van der Waals surface area contributed by atoms with Gasteiger partial charge in [0, 0.05) is 18.6 Å². The molecule has 1 heterocycles. The highest BCUT2D eigenvalue weighted by molar-refractivity contribution is 7.07. The summed E-state index contributed by atoms with van der Waals surface area (Å²) in [5.74, 6) is -8.59. The first kappa shape index (κ1) is 13.5. The van der Waals surface area contributed by atoms with Crippen molar-refractivity contribution in [1.82, 2.24) is 4.57 Å². The van der Waals surface area contributed by atoms with E-state index in [9.17, 15) is 22.4 Å². The minimum atomic E-state index is -2.03. The molecule has 0 saturated carbocycles. The maximum atomic E-state index is 13.4. The molecule has 0 saturated heterocycles. The predicted molar refractivity (Wildman–Crippen MR) is 59.5 cm³/mol. The molecule has 0 fully saturated rings. The largest absolute Gasteiger partial charge is 0.327 e. The molecule has 0 aliphatic heterocycles. The fourth-order valence-electron chi connectivity index (χ4n) is 1.31. The number of aromatic nitrogens is 1. The molecule has 8 heteroatoms. The Bertz CT molecular complexity index is 720. The van der Waals surface area contributed by atoms with Crippen LogP contribution in [0.3, 0.4) is 0 Å². The van der Waals surface area contributed by atoms with E-state index in [0.717, 1.165) is 11.3 Å². The number of halogens is 4. The van der Waals surface area contributed by atoms with Gasteiger partial charge in [-0.2, -0.15) is 4.99 Å². The summed E-state index contributed by atoms with van der Waals surface area (Å²) < 4.78 is 53.5. The van der Waals surface area contributed by atoms with Gasteiger partial charge in [0.1, 0.15) is 0 Å². The van der Waals surface area contributed by atoms with Gasteiger partial charge in [-0.15, -0.1) is 11.3 Å². The van der Waals surface area contributed by atoms with E-state index >= 15 is 0 Å². The monoisotopic (exact) mass is 290 g/mol. The van der Waals surface area contributed by atoms with Crippen molar-refractivity contribution in [3.05, 3.63) is 51.3 Å². The lowest BCUT2D eigenvalue weighted by molar-refractivity contribution is 0.0992. The molecule has 0 spiro atoms. The number of carbonyl (C=O) groups excluding carboxylic acids is 1. The Balaban J connectivity index is 2.55. The lowest BCUT2D eigenvalue weighted by Crippen LogP contribution is -2.14. The normalized spacial score (nSPS) is 11.9. The van der Waals surface area contributed by atoms with Crippen LogP contribution in [0.4, 0.5) is 17.6 Å². The smallest absolute Gasteiger partial charge is 0.282 e. The number of carbonyl (C=O) groups is 1. The molecule has 19 heavy (non-hydrogen) atoms. The second-order valence-electron chi connectivity index (χ2n) is 3.56. The summed E-state index contributed by atoms with van der Waals surface area (Å²) >= 11 is 1.08. The Hall–Kier alpha value is -1.96. The van der Waals surface area contributed by atoms with Gasteiger partial charge in [-0.1, -0.05) is 0 Å². The average Bonchev–Trinajstić information content (AvgIpc) is 2.77. The van der Waals surface area contributed by atoms with Gasteiger partial charge in [0.25, 0.3) is 5.91 Å². The predicted octanol–water partition coefficient (Wildman–Crippen LogP) is 2.38. The minimum Gasteiger partial charge on any atom is -0.327 e. The highest BCUT2D eigenvalue weighted by Crippen LogP contribution is 2.19. The molecule has 1 amide bonds. The molecule has 2 aromatic rings. The van der Waals surface area contributed by atoms with Crippen molar-refractivity contribution in [2.45, 2.75) is 0 Å². The van der Waals surface area contributed by atoms with Crippen molar-refractivity contribution in [3.63, 3.8) is 0 Å². The van der Waals surface area contributed by atoms with Crippen LogP contribution in [0, 0.1) is 23.3 Å².